The van der Waals surface area contributed by atoms with Crippen LogP contribution in [0.3, 0.4) is 0 Å². The van der Waals surface area contributed by atoms with E-state index in [4.69, 9.17) is 72.0 Å². The van der Waals surface area contributed by atoms with Crippen LogP contribution < -0.4 is 59.4 Å². The average molecular weight is 1630 g/mol. The number of carboxylic acids is 1. The molecule has 13 unspecified atom stereocenters. The van der Waals surface area contributed by atoms with Gasteiger partial charge >= 0.3 is 5.97 Å². The molecule has 6 saturated heterocycles. The molecule has 6 fully saturated rings. The molecule has 6 aliphatic heterocycles. The van der Waals surface area contributed by atoms with Gasteiger partial charge in [0.25, 0.3) is 11.8 Å². The third kappa shape index (κ3) is 27.0. The van der Waals surface area contributed by atoms with Crippen LogP contribution in [-0.2, 0) is 129 Å². The first kappa shape index (κ1) is 92.3. The molecule has 50 heteroatoms. The summed E-state index contributed by atoms with van der Waals surface area (Å²) in [6.45, 7) is 3.16. The number of hydrogen-bond acceptors (Lipinski definition) is 38. The number of carboxylic acid groups (broad SMARTS) is 1. The van der Waals surface area contributed by atoms with Gasteiger partial charge in [-0.1, -0.05) is 6.92 Å². The van der Waals surface area contributed by atoms with Crippen LogP contribution in [0, 0.1) is 0 Å². The molecule has 110 heavy (non-hydrogen) atoms. The number of hydrazine groups is 4. The van der Waals surface area contributed by atoms with E-state index in [-0.39, 0.29) is 19.3 Å². The van der Waals surface area contributed by atoms with Crippen LogP contribution >= 0.6 is 24.4 Å². The van der Waals surface area contributed by atoms with Crippen LogP contribution in [0.4, 0.5) is 0 Å². The summed E-state index contributed by atoms with van der Waals surface area (Å²) in [6, 6.07) is -4.12. The lowest BCUT2D eigenvalue weighted by atomic mass is 9.94. The standard InChI is InChI=1S/C60H97N11O37S2/c1-7-35(78)64-66-37(80)17-39(82)69-71-54(91)51-48(100-57-28(63-25(5)77)16-31(34(21-74)98-57)106-108-60-46(89)44(87)49(52(103-60)55(92)93)101-58-26(61-23(3)75)14-29(104-94-6)32(19-72)96-58)43(86)45(88)59(102-51)107-105-30-15-27(62-24(4)76)56(97-33(30)20-73)99-47-42(85)41(84)22(2)95-50(47)53(90)70-68-40(83)18-38(81)67-65-36(79)10-13-110-12-9-8-11-109/h22,26-34,41-52,56-60,72-74,84-89,109H,7-21H2,1-6H3,(H,61,75)(H,62,76)(H,63,77)(H,64,78)(H,65,79)(H,66,80)(H,67,81)(H,68,83)(H,69,82)(H,70,90)(H,71,91)(H,92,93)/t22?,26?,27-,28-,29-,30-,31-,32-,33?,34-,41?,42?,43+,44?,45?,46?,47+,48+,49+,50?,51?,52?,56-,57-,58-,59?,60?/m0/s1. The van der Waals surface area contributed by atoms with Crippen molar-refractivity contribution < 1.29 is 181 Å². The number of unbranched alkanes of at least 4 members (excludes halogenated alkanes) is 1. The summed E-state index contributed by atoms with van der Waals surface area (Å²) in [4.78, 5) is 185. The highest BCUT2D eigenvalue weighted by Gasteiger charge is 2.57. The minimum atomic E-state index is -2.43. The molecule has 11 amide bonds. The van der Waals surface area contributed by atoms with Crippen LogP contribution in [0.15, 0.2) is 0 Å². The molecule has 0 spiro atoms. The van der Waals surface area contributed by atoms with Crippen molar-refractivity contribution in [3.05, 3.63) is 0 Å². The van der Waals surface area contributed by atoms with Gasteiger partial charge < -0.3 is 110 Å². The number of thioether (sulfide) groups is 1. The second-order valence-electron chi connectivity index (χ2n) is 25.5. The Balaban J connectivity index is 1.15. The first-order valence-corrected chi connectivity index (χ1v) is 36.2. The zero-order valence-electron chi connectivity index (χ0n) is 60.0. The van der Waals surface area contributed by atoms with Gasteiger partial charge in [-0.3, -0.25) is 96.1 Å². The Morgan fingerprint density at radius 1 is 0.436 bits per heavy atom. The van der Waals surface area contributed by atoms with E-state index in [1.54, 1.807) is 0 Å². The first-order chi connectivity index (χ1) is 52.3. The van der Waals surface area contributed by atoms with Gasteiger partial charge in [0, 0.05) is 58.6 Å². The Morgan fingerprint density at radius 3 is 1.18 bits per heavy atom. The van der Waals surface area contributed by atoms with E-state index in [1.807, 2.05) is 32.6 Å². The summed E-state index contributed by atoms with van der Waals surface area (Å²) in [7, 11) is 1.17. The fourth-order valence-electron chi connectivity index (χ4n) is 11.6. The van der Waals surface area contributed by atoms with Crippen molar-refractivity contribution in [1.29, 1.82) is 0 Å². The van der Waals surface area contributed by atoms with Gasteiger partial charge in [0.1, 0.15) is 104 Å². The smallest absolute Gasteiger partial charge is 0.335 e. The highest BCUT2D eigenvalue weighted by molar-refractivity contribution is 7.99. The van der Waals surface area contributed by atoms with Crippen molar-refractivity contribution in [2.24, 2.45) is 0 Å². The predicted octanol–water partition coefficient (Wildman–Crippen LogP) is -11.3. The second kappa shape index (κ2) is 45.3. The average Bonchev–Trinajstić information content (AvgIpc) is 0.788. The van der Waals surface area contributed by atoms with E-state index in [1.165, 1.54) is 32.7 Å². The zero-order chi connectivity index (χ0) is 81.2. The Morgan fingerprint density at radius 2 is 0.800 bits per heavy atom. The van der Waals surface area contributed by atoms with Crippen LogP contribution in [-0.4, -0.2) is 332 Å². The van der Waals surface area contributed by atoms with Crippen molar-refractivity contribution in [3.63, 3.8) is 0 Å². The van der Waals surface area contributed by atoms with Gasteiger partial charge in [0.2, 0.25) is 65.7 Å². The van der Waals surface area contributed by atoms with Crippen molar-refractivity contribution in [2.75, 3.05) is 44.2 Å². The highest BCUT2D eigenvalue weighted by Crippen LogP contribution is 2.36. The van der Waals surface area contributed by atoms with Crippen molar-refractivity contribution in [3.8, 4) is 0 Å². The van der Waals surface area contributed by atoms with Gasteiger partial charge in [-0.05, 0) is 31.3 Å². The van der Waals surface area contributed by atoms with E-state index in [0.29, 0.717) is 5.75 Å². The molecule has 0 radical (unpaired) electrons. The third-order valence-electron chi connectivity index (χ3n) is 17.1. The first-order valence-electron chi connectivity index (χ1n) is 34.5. The van der Waals surface area contributed by atoms with E-state index in [0.717, 1.165) is 45.1 Å². The molecular formula is C60H97N11O37S2. The molecular weight excluding hydrogens is 1530 g/mol. The number of aliphatic hydroxyl groups is 9. The molecule has 0 aliphatic carbocycles. The SMILES string of the molecule is CCC(=O)NNC(=O)CC(=O)NNC(=O)C1OC(OO[C@H]2C[C@H](NC(C)=O)[C@H](O[C@H]3C(C(=O)NNC(=O)CC(=O)NNC(=O)CCSCCCCS)OC(C)C(O)C3O)OC2CO)C(O)[C@@H](O)[C@H]1O[C@@H]1O[C@@H](CO)[C@@H](OOC2OC(C(=O)O)[C@H](O[C@@H]3O[C@@H](CO)[C@@H](OOC)CC3NC(C)=O)C(O)C2O)C[C@@H]1NC(C)=O. The van der Waals surface area contributed by atoms with Crippen molar-refractivity contribution >= 4 is 95.3 Å². The number of hydrogen-bond donors (Lipinski definition) is 22. The summed E-state index contributed by atoms with van der Waals surface area (Å²) in [5, 5.41) is 118. The highest BCUT2D eigenvalue weighted by atomic mass is 32.2. The number of carbonyl (C=O) groups excluding carboxylic acids is 11. The monoisotopic (exact) mass is 1630 g/mol. The normalized spacial score (nSPS) is 34.3. The Hall–Kier alpha value is -6.62. The largest absolute Gasteiger partial charge is 0.479 e. The zero-order valence-corrected chi connectivity index (χ0v) is 61.8. The van der Waals surface area contributed by atoms with Crippen molar-refractivity contribution in [2.45, 2.75) is 258 Å². The minimum Gasteiger partial charge on any atom is -0.479 e. The van der Waals surface area contributed by atoms with Crippen LogP contribution in [0.5, 0.6) is 0 Å². The number of aliphatic carboxylic acids is 1. The molecule has 27 atom stereocenters. The lowest BCUT2D eigenvalue weighted by Crippen LogP contribution is -2.67. The molecule has 6 rings (SSSR count). The number of rotatable bonds is 35. The fraction of sp³-hybridized carbons (Fsp3) is 0.800. The van der Waals surface area contributed by atoms with E-state index < -0.39 is 282 Å². The molecule has 6 heterocycles. The van der Waals surface area contributed by atoms with E-state index in [9.17, 15) is 109 Å². The van der Waals surface area contributed by atoms with Crippen molar-refractivity contribution in [1.82, 2.24) is 59.4 Å². The summed E-state index contributed by atoms with van der Waals surface area (Å²) < 4.78 is 52.6. The molecule has 21 N–H and O–H groups in total. The Bertz CT molecular complexity index is 3080. The van der Waals surface area contributed by atoms with Gasteiger partial charge in [0.05, 0.1) is 51.2 Å². The lowest BCUT2D eigenvalue weighted by Gasteiger charge is -2.47. The van der Waals surface area contributed by atoms with Crippen LogP contribution in [0.1, 0.15) is 92.4 Å². The summed E-state index contributed by atoms with van der Waals surface area (Å²) in [6.07, 6.45) is -47.2. The molecule has 626 valence electrons. The van der Waals surface area contributed by atoms with E-state index in [2.05, 4.69) is 39.4 Å². The number of thiol groups is 1. The van der Waals surface area contributed by atoms with Crippen LogP contribution in [0.25, 0.3) is 0 Å². The number of nitrogens with one attached hydrogen (secondary N) is 11. The second-order valence-corrected chi connectivity index (χ2v) is 27.2. The Labute approximate surface area is 635 Å². The Kier molecular flexibility index (Phi) is 38.0. The molecule has 0 bridgehead atoms. The number of carbonyl (C=O) groups is 12. The maximum Gasteiger partial charge on any atom is 0.335 e. The lowest BCUT2D eigenvalue weighted by molar-refractivity contribution is -0.460. The van der Waals surface area contributed by atoms with Gasteiger partial charge in [-0.25, -0.2) is 34.1 Å². The molecule has 0 aromatic heterocycles. The maximum absolute atomic E-state index is 14.3. The topological polar surface area (TPSA) is 678 Å². The minimum absolute atomic E-state index is 0.0543. The molecule has 48 nitrogen and oxygen atoms in total. The fourth-order valence-corrected chi connectivity index (χ4v) is 12.8. The third-order valence-corrected chi connectivity index (χ3v) is 18.5. The molecule has 6 aliphatic rings. The summed E-state index contributed by atoms with van der Waals surface area (Å²) in [5.41, 5.74) is 16.1. The molecule has 0 aromatic rings. The molecule has 0 saturated carbocycles. The van der Waals surface area contributed by atoms with Gasteiger partial charge in [-0.2, -0.15) is 24.4 Å². The van der Waals surface area contributed by atoms with Crippen LogP contribution in [0.2, 0.25) is 0 Å². The van der Waals surface area contributed by atoms with E-state index >= 15 is 0 Å². The predicted molar refractivity (Wildman–Crippen MR) is 357 cm³/mol. The quantitative estimate of drug-likeness (QED) is 0.00921. The summed E-state index contributed by atoms with van der Waals surface area (Å²) in [5.74, 6) is -10.3. The van der Waals surface area contributed by atoms with Gasteiger partial charge in [-0.15, -0.1) is 0 Å². The summed E-state index contributed by atoms with van der Waals surface area (Å²) >= 11 is 5.67. The number of aliphatic hydroxyl groups excluding tert-OH is 9. The maximum atomic E-state index is 14.3. The van der Waals surface area contributed by atoms with Gasteiger partial charge in [0.15, 0.2) is 37.2 Å². The molecule has 0 aromatic carbocycles. The number of amides is 11. The number of ether oxygens (including phenoxy) is 9.